The van der Waals surface area contributed by atoms with Crippen LogP contribution in [0.2, 0.25) is 0 Å². The Kier molecular flexibility index (Phi) is 6.67. The predicted molar refractivity (Wildman–Crippen MR) is 75.9 cm³/mol. The van der Waals surface area contributed by atoms with Gasteiger partial charge in [0, 0.05) is 30.7 Å². The number of hydrogen-bond acceptors (Lipinski definition) is 5. The molecule has 0 unspecified atom stereocenters. The zero-order chi connectivity index (χ0) is 13.4. The van der Waals surface area contributed by atoms with Gasteiger partial charge in [-0.3, -0.25) is 9.69 Å². The first-order valence-electron chi connectivity index (χ1n) is 6.37. The number of aromatic nitrogens is 1. The molecule has 1 aromatic heterocycles. The molecule has 102 valence electrons. The van der Waals surface area contributed by atoms with Gasteiger partial charge in [0.15, 0.2) is 5.13 Å². The van der Waals surface area contributed by atoms with Gasteiger partial charge in [-0.15, -0.1) is 11.3 Å². The number of nitrogens with zero attached hydrogens (tertiary/aromatic N) is 2. The van der Waals surface area contributed by atoms with Gasteiger partial charge in [-0.1, -0.05) is 6.92 Å². The first-order valence-corrected chi connectivity index (χ1v) is 7.18. The quantitative estimate of drug-likeness (QED) is 0.752. The zero-order valence-corrected chi connectivity index (χ0v) is 12.1. The van der Waals surface area contributed by atoms with E-state index in [1.807, 2.05) is 13.1 Å². The van der Waals surface area contributed by atoms with Gasteiger partial charge in [-0.25, -0.2) is 4.98 Å². The minimum absolute atomic E-state index is 0.0794. The number of likely N-dealkylation sites (N-methyl/N-ethyl adjacent to an activating group) is 2. The van der Waals surface area contributed by atoms with Crippen molar-refractivity contribution in [2.75, 3.05) is 31.5 Å². The van der Waals surface area contributed by atoms with Crippen LogP contribution in [0.25, 0.3) is 0 Å². The number of amides is 1. The summed E-state index contributed by atoms with van der Waals surface area (Å²) in [5, 5.41) is 6.95. The molecule has 1 amide bonds. The molecule has 0 aliphatic rings. The van der Waals surface area contributed by atoms with Crippen molar-refractivity contribution in [2.24, 2.45) is 0 Å². The molecular weight excluding hydrogens is 248 g/mol. The molecule has 1 heterocycles. The predicted octanol–water partition coefficient (Wildman–Crippen LogP) is 1.53. The van der Waals surface area contributed by atoms with E-state index < -0.39 is 0 Å². The smallest absolute Gasteiger partial charge is 0.234 e. The maximum absolute atomic E-state index is 11.5. The molecule has 0 radical (unpaired) electrons. The minimum atomic E-state index is 0.0794. The van der Waals surface area contributed by atoms with E-state index in [1.54, 1.807) is 11.3 Å². The Balaban J connectivity index is 2.48. The molecule has 0 aromatic carbocycles. The minimum Gasteiger partial charge on any atom is -0.362 e. The Morgan fingerprint density at radius 1 is 1.39 bits per heavy atom. The largest absolute Gasteiger partial charge is 0.362 e. The van der Waals surface area contributed by atoms with Crippen molar-refractivity contribution in [1.82, 2.24) is 15.2 Å². The number of rotatable bonds is 8. The van der Waals surface area contributed by atoms with Crippen molar-refractivity contribution in [3.63, 3.8) is 0 Å². The van der Waals surface area contributed by atoms with Crippen molar-refractivity contribution in [2.45, 2.75) is 27.3 Å². The Morgan fingerprint density at radius 2 is 2.17 bits per heavy atom. The van der Waals surface area contributed by atoms with Crippen LogP contribution in [0.3, 0.4) is 0 Å². The SMILES string of the molecule is CCNC(=O)CN(CC)Cc1cnc(NCC)s1. The van der Waals surface area contributed by atoms with Crippen molar-refractivity contribution in [3.05, 3.63) is 11.1 Å². The fourth-order valence-electron chi connectivity index (χ4n) is 1.57. The summed E-state index contributed by atoms with van der Waals surface area (Å²) in [5.74, 6) is 0.0794. The monoisotopic (exact) mass is 270 g/mol. The van der Waals surface area contributed by atoms with Crippen LogP contribution in [0.1, 0.15) is 25.6 Å². The maximum Gasteiger partial charge on any atom is 0.234 e. The van der Waals surface area contributed by atoms with Crippen molar-refractivity contribution >= 4 is 22.4 Å². The highest BCUT2D eigenvalue weighted by Gasteiger charge is 2.10. The van der Waals surface area contributed by atoms with Crippen LogP contribution in [0.5, 0.6) is 0 Å². The lowest BCUT2D eigenvalue weighted by Crippen LogP contribution is -2.36. The van der Waals surface area contributed by atoms with Crippen molar-refractivity contribution in [3.8, 4) is 0 Å². The summed E-state index contributed by atoms with van der Waals surface area (Å²) in [5.41, 5.74) is 0. The second kappa shape index (κ2) is 8.05. The lowest BCUT2D eigenvalue weighted by molar-refractivity contribution is -0.122. The van der Waals surface area contributed by atoms with Crippen molar-refractivity contribution in [1.29, 1.82) is 0 Å². The Hall–Kier alpha value is -1.14. The summed E-state index contributed by atoms with van der Waals surface area (Å²) in [6.07, 6.45) is 1.88. The van der Waals surface area contributed by atoms with Gasteiger partial charge in [-0.2, -0.15) is 0 Å². The number of carbonyl (C=O) groups excluding carboxylic acids is 1. The molecule has 0 atom stereocenters. The first-order chi connectivity index (χ1) is 8.69. The molecule has 0 fully saturated rings. The van der Waals surface area contributed by atoms with Crippen LogP contribution in [-0.2, 0) is 11.3 Å². The molecule has 5 nitrogen and oxygen atoms in total. The highest BCUT2D eigenvalue weighted by Crippen LogP contribution is 2.19. The van der Waals surface area contributed by atoms with Crippen LogP contribution < -0.4 is 10.6 Å². The third-order valence-electron chi connectivity index (χ3n) is 2.45. The molecular formula is C12H22N4OS. The molecule has 0 aliphatic carbocycles. The molecule has 1 aromatic rings. The highest BCUT2D eigenvalue weighted by atomic mass is 32.1. The van der Waals surface area contributed by atoms with Crippen LogP contribution >= 0.6 is 11.3 Å². The summed E-state index contributed by atoms with van der Waals surface area (Å²) in [4.78, 5) is 19.1. The van der Waals surface area contributed by atoms with Gasteiger partial charge in [0.1, 0.15) is 0 Å². The molecule has 0 bridgehead atoms. The average Bonchev–Trinajstić information content (AvgIpc) is 2.76. The van der Waals surface area contributed by atoms with E-state index in [2.05, 4.69) is 34.4 Å². The van der Waals surface area contributed by atoms with E-state index >= 15 is 0 Å². The van der Waals surface area contributed by atoms with Gasteiger partial charge in [0.2, 0.25) is 5.91 Å². The van der Waals surface area contributed by atoms with E-state index in [4.69, 9.17) is 0 Å². The molecule has 6 heteroatoms. The number of carbonyl (C=O) groups is 1. The van der Waals surface area contributed by atoms with Gasteiger partial charge in [-0.05, 0) is 20.4 Å². The summed E-state index contributed by atoms with van der Waals surface area (Å²) >= 11 is 1.65. The number of thiazole rings is 1. The standard InChI is InChI=1S/C12H22N4OS/c1-4-13-11(17)9-16(6-3)8-10-7-15-12(18-10)14-5-2/h7H,4-6,8-9H2,1-3H3,(H,13,17)(H,14,15). The van der Waals surface area contributed by atoms with Crippen LogP contribution in [0, 0.1) is 0 Å². The van der Waals surface area contributed by atoms with Gasteiger partial charge in [0.05, 0.1) is 6.54 Å². The van der Waals surface area contributed by atoms with Crippen LogP contribution in [0.15, 0.2) is 6.20 Å². The third-order valence-corrected chi connectivity index (χ3v) is 3.39. The number of nitrogens with one attached hydrogen (secondary N) is 2. The molecule has 2 N–H and O–H groups in total. The fraction of sp³-hybridized carbons (Fsp3) is 0.667. The summed E-state index contributed by atoms with van der Waals surface area (Å²) in [7, 11) is 0. The second-order valence-electron chi connectivity index (χ2n) is 3.92. The fourth-order valence-corrected chi connectivity index (χ4v) is 2.49. The van der Waals surface area contributed by atoms with Gasteiger partial charge >= 0.3 is 0 Å². The lowest BCUT2D eigenvalue weighted by Gasteiger charge is -2.18. The van der Waals surface area contributed by atoms with E-state index in [-0.39, 0.29) is 5.91 Å². The highest BCUT2D eigenvalue weighted by molar-refractivity contribution is 7.15. The van der Waals surface area contributed by atoms with E-state index in [9.17, 15) is 4.79 Å². The second-order valence-corrected chi connectivity index (χ2v) is 5.03. The van der Waals surface area contributed by atoms with Crippen molar-refractivity contribution < 1.29 is 4.79 Å². The molecule has 0 saturated carbocycles. The normalized spacial score (nSPS) is 10.7. The maximum atomic E-state index is 11.5. The van der Waals surface area contributed by atoms with E-state index in [1.165, 1.54) is 4.88 Å². The summed E-state index contributed by atoms with van der Waals surface area (Å²) in [6, 6.07) is 0. The van der Waals surface area contributed by atoms with Crippen LogP contribution in [0.4, 0.5) is 5.13 Å². The first kappa shape index (κ1) is 14.9. The lowest BCUT2D eigenvalue weighted by atomic mass is 10.4. The Labute approximate surface area is 113 Å². The van der Waals surface area contributed by atoms with Gasteiger partial charge < -0.3 is 10.6 Å². The molecule has 0 saturated heterocycles. The molecule has 0 aliphatic heterocycles. The summed E-state index contributed by atoms with van der Waals surface area (Å²) < 4.78 is 0. The van der Waals surface area contributed by atoms with Gasteiger partial charge in [0.25, 0.3) is 0 Å². The number of anilines is 1. The Bertz CT molecular complexity index is 367. The summed E-state index contributed by atoms with van der Waals surface area (Å²) in [6.45, 7) is 9.67. The van der Waals surface area contributed by atoms with E-state index in [0.29, 0.717) is 13.1 Å². The van der Waals surface area contributed by atoms with Crippen LogP contribution in [-0.4, -0.2) is 42.0 Å². The third kappa shape index (κ3) is 5.01. The zero-order valence-electron chi connectivity index (χ0n) is 11.3. The van der Waals surface area contributed by atoms with E-state index in [0.717, 1.165) is 24.8 Å². The average molecular weight is 270 g/mol. The molecule has 0 spiro atoms. The Morgan fingerprint density at radius 3 is 2.78 bits per heavy atom. The number of hydrogen-bond donors (Lipinski definition) is 2. The molecule has 1 rings (SSSR count). The topological polar surface area (TPSA) is 57.3 Å². The molecule has 18 heavy (non-hydrogen) atoms.